The van der Waals surface area contributed by atoms with Gasteiger partial charge in [0.1, 0.15) is 29.8 Å². The molecule has 2 N–H and O–H groups in total. The molecule has 0 radical (unpaired) electrons. The van der Waals surface area contributed by atoms with E-state index in [0.717, 1.165) is 18.7 Å². The molecule has 0 aromatic carbocycles. The van der Waals surface area contributed by atoms with Crippen molar-refractivity contribution in [3.05, 3.63) is 46.9 Å². The Morgan fingerprint density at radius 2 is 2.11 bits per heavy atom. The lowest BCUT2D eigenvalue weighted by Crippen LogP contribution is -2.27. The fraction of sp³-hybridized carbons (Fsp3) is 0.440. The van der Waals surface area contributed by atoms with Crippen molar-refractivity contribution in [2.24, 2.45) is 0 Å². The minimum atomic E-state index is -0.573. The Hall–Kier alpha value is -4.06. The van der Waals surface area contributed by atoms with Gasteiger partial charge in [-0.05, 0) is 38.5 Å². The summed E-state index contributed by atoms with van der Waals surface area (Å²) in [6, 6.07) is 7.26. The van der Waals surface area contributed by atoms with Crippen LogP contribution in [0.3, 0.4) is 0 Å². The fourth-order valence-electron chi connectivity index (χ4n) is 4.66. The van der Waals surface area contributed by atoms with Crippen molar-refractivity contribution >= 4 is 23.6 Å². The number of anilines is 2. The van der Waals surface area contributed by atoms with E-state index in [2.05, 4.69) is 15.5 Å². The van der Waals surface area contributed by atoms with E-state index >= 15 is 0 Å². The molecule has 0 spiro atoms. The number of rotatable bonds is 7. The summed E-state index contributed by atoms with van der Waals surface area (Å²) in [5.41, 5.74) is 2.30. The van der Waals surface area contributed by atoms with Crippen molar-refractivity contribution in [2.45, 2.75) is 51.9 Å². The molecule has 12 heteroatoms. The highest BCUT2D eigenvalue weighted by molar-refractivity contribution is 6.10. The summed E-state index contributed by atoms with van der Waals surface area (Å²) in [6.07, 6.45) is 0.976. The van der Waals surface area contributed by atoms with Crippen LogP contribution >= 0.6 is 0 Å². The second kappa shape index (κ2) is 9.77. The zero-order valence-corrected chi connectivity index (χ0v) is 21.3. The smallest absolute Gasteiger partial charge is 0.407 e. The number of ether oxygens (including phenoxy) is 1. The molecule has 37 heavy (non-hydrogen) atoms. The molecule has 1 atom stereocenters. The van der Waals surface area contributed by atoms with Crippen LogP contribution in [0.2, 0.25) is 0 Å². The summed E-state index contributed by atoms with van der Waals surface area (Å²) in [5, 5.41) is 20.8. The quantitative estimate of drug-likeness (QED) is 0.493. The molecule has 5 heterocycles. The van der Waals surface area contributed by atoms with E-state index < -0.39 is 6.09 Å². The topological polar surface area (TPSA) is 139 Å². The molecule has 5 rings (SSSR count). The Kier molecular flexibility index (Phi) is 6.50. The molecule has 3 aromatic rings. The first kappa shape index (κ1) is 24.6. The van der Waals surface area contributed by atoms with Gasteiger partial charge in [-0.25, -0.2) is 14.8 Å². The van der Waals surface area contributed by atoms with Crippen LogP contribution in [0.4, 0.5) is 16.4 Å². The van der Waals surface area contributed by atoms with Crippen molar-refractivity contribution in [2.75, 3.05) is 30.5 Å². The van der Waals surface area contributed by atoms with Gasteiger partial charge in [0.25, 0.3) is 5.91 Å². The fourth-order valence-corrected chi connectivity index (χ4v) is 4.66. The van der Waals surface area contributed by atoms with Gasteiger partial charge in [-0.1, -0.05) is 6.07 Å². The van der Waals surface area contributed by atoms with E-state index in [1.54, 1.807) is 17.0 Å². The van der Waals surface area contributed by atoms with E-state index in [1.165, 1.54) is 7.05 Å². The molecule has 0 unspecified atom stereocenters. The van der Waals surface area contributed by atoms with Crippen LogP contribution < -0.4 is 15.1 Å². The standard InChI is InChI=1S/C25H30N8O4/c1-14(2)31(4)22-10-16-17(19(28-22)13-37-25(36)26-3)11-32(24(16)35)20-7-5-6-18(27-20)23-30-29-21-9-8-15(12-34)33(21)23/h5-7,10,14-15,34H,8-9,11-13H2,1-4H3,(H,26,36)/t15-/m0/s1. The van der Waals surface area contributed by atoms with Gasteiger partial charge < -0.3 is 24.6 Å². The van der Waals surface area contributed by atoms with Gasteiger partial charge in [0.2, 0.25) is 0 Å². The lowest BCUT2D eigenvalue weighted by molar-refractivity contribution is 0.0996. The third-order valence-electron chi connectivity index (χ3n) is 6.95. The number of hydrogen-bond acceptors (Lipinski definition) is 9. The molecule has 2 amide bonds. The predicted molar refractivity (Wildman–Crippen MR) is 135 cm³/mol. The number of aryl methyl sites for hydroxylation is 1. The molecular weight excluding hydrogens is 476 g/mol. The Bertz CT molecular complexity index is 1350. The van der Waals surface area contributed by atoms with Crippen LogP contribution in [0.5, 0.6) is 0 Å². The molecule has 2 aliphatic rings. The van der Waals surface area contributed by atoms with Crippen molar-refractivity contribution in [1.29, 1.82) is 0 Å². The van der Waals surface area contributed by atoms with E-state index in [0.29, 0.717) is 40.0 Å². The lowest BCUT2D eigenvalue weighted by atomic mass is 10.1. The van der Waals surface area contributed by atoms with Gasteiger partial charge in [0.05, 0.1) is 30.5 Å². The molecule has 0 fully saturated rings. The number of aliphatic hydroxyl groups excluding tert-OH is 1. The first-order valence-electron chi connectivity index (χ1n) is 12.3. The highest BCUT2D eigenvalue weighted by atomic mass is 16.5. The largest absolute Gasteiger partial charge is 0.443 e. The van der Waals surface area contributed by atoms with Crippen LogP contribution in [0.25, 0.3) is 11.5 Å². The predicted octanol–water partition coefficient (Wildman–Crippen LogP) is 2.08. The molecular formula is C25H30N8O4. The van der Waals surface area contributed by atoms with Crippen LogP contribution in [0.15, 0.2) is 24.3 Å². The maximum Gasteiger partial charge on any atom is 0.407 e. The van der Waals surface area contributed by atoms with Crippen LogP contribution in [0.1, 0.15) is 53.7 Å². The Balaban J connectivity index is 1.50. The summed E-state index contributed by atoms with van der Waals surface area (Å²) < 4.78 is 7.22. The monoisotopic (exact) mass is 506 g/mol. The highest BCUT2D eigenvalue weighted by Gasteiger charge is 2.34. The molecule has 0 saturated heterocycles. The van der Waals surface area contributed by atoms with E-state index in [-0.39, 0.29) is 37.7 Å². The summed E-state index contributed by atoms with van der Waals surface area (Å²) in [4.78, 5) is 38.4. The van der Waals surface area contributed by atoms with E-state index in [9.17, 15) is 14.7 Å². The Labute approximate surface area is 214 Å². The van der Waals surface area contributed by atoms with Crippen molar-refractivity contribution < 1.29 is 19.4 Å². The van der Waals surface area contributed by atoms with Gasteiger partial charge >= 0.3 is 6.09 Å². The van der Waals surface area contributed by atoms with Gasteiger partial charge in [0.15, 0.2) is 5.82 Å². The zero-order valence-electron chi connectivity index (χ0n) is 21.3. The first-order valence-corrected chi connectivity index (χ1v) is 12.3. The number of amides is 2. The summed E-state index contributed by atoms with van der Waals surface area (Å²) in [7, 11) is 3.39. The van der Waals surface area contributed by atoms with Gasteiger partial charge in [-0.2, -0.15) is 0 Å². The summed E-state index contributed by atoms with van der Waals surface area (Å²) in [6.45, 7) is 4.24. The third kappa shape index (κ3) is 4.37. The Morgan fingerprint density at radius 1 is 1.30 bits per heavy atom. The number of nitrogens with one attached hydrogen (secondary N) is 1. The van der Waals surface area contributed by atoms with Gasteiger partial charge in [0, 0.05) is 32.1 Å². The minimum absolute atomic E-state index is 0.00128. The number of alkyl carbamates (subject to hydrolysis) is 1. The maximum absolute atomic E-state index is 13.6. The zero-order chi connectivity index (χ0) is 26.3. The van der Waals surface area contributed by atoms with Crippen LogP contribution in [0, 0.1) is 0 Å². The average molecular weight is 507 g/mol. The molecule has 0 aliphatic carbocycles. The number of pyridine rings is 2. The minimum Gasteiger partial charge on any atom is -0.443 e. The molecule has 0 saturated carbocycles. The molecule has 0 bridgehead atoms. The van der Waals surface area contributed by atoms with E-state index in [1.807, 2.05) is 42.5 Å². The number of carbonyl (C=O) groups excluding carboxylic acids is 2. The number of hydrogen-bond donors (Lipinski definition) is 2. The van der Waals surface area contributed by atoms with Crippen LogP contribution in [-0.4, -0.2) is 68.6 Å². The number of nitrogens with zero attached hydrogens (tertiary/aromatic N) is 7. The molecule has 12 nitrogen and oxygen atoms in total. The van der Waals surface area contributed by atoms with Crippen LogP contribution in [-0.2, 0) is 24.3 Å². The molecule has 194 valence electrons. The normalized spacial score (nSPS) is 16.2. The van der Waals surface area contributed by atoms with E-state index in [4.69, 9.17) is 14.7 Å². The van der Waals surface area contributed by atoms with Crippen molar-refractivity contribution in [1.82, 2.24) is 30.0 Å². The number of aliphatic hydroxyl groups is 1. The van der Waals surface area contributed by atoms with Gasteiger partial charge in [-0.15, -0.1) is 10.2 Å². The molecule has 3 aromatic heterocycles. The summed E-state index contributed by atoms with van der Waals surface area (Å²) in [5.74, 6) is 2.27. The lowest BCUT2D eigenvalue weighted by Gasteiger charge is -2.23. The average Bonchev–Trinajstić information content (AvgIpc) is 3.60. The highest BCUT2D eigenvalue weighted by Crippen LogP contribution is 2.34. The van der Waals surface area contributed by atoms with Crippen molar-refractivity contribution in [3.63, 3.8) is 0 Å². The number of carbonyl (C=O) groups is 2. The second-order valence-corrected chi connectivity index (χ2v) is 9.44. The first-order chi connectivity index (χ1) is 17.8. The second-order valence-electron chi connectivity index (χ2n) is 9.44. The third-order valence-corrected chi connectivity index (χ3v) is 6.95. The van der Waals surface area contributed by atoms with Gasteiger partial charge in [-0.3, -0.25) is 9.69 Å². The number of fused-ring (bicyclic) bond motifs is 2. The maximum atomic E-state index is 13.6. The van der Waals surface area contributed by atoms with Crippen molar-refractivity contribution in [3.8, 4) is 11.5 Å². The Morgan fingerprint density at radius 3 is 2.84 bits per heavy atom. The molecule has 2 aliphatic heterocycles. The summed E-state index contributed by atoms with van der Waals surface area (Å²) >= 11 is 0. The SMILES string of the molecule is CNC(=O)OCc1nc(N(C)C(C)C)cc2c1CN(c1cccc(-c3nnc4n3[C@H](CO)CC4)n1)C2=O. The number of aromatic nitrogens is 5.